The number of carboxylic acid groups (broad SMARTS) is 1. The second kappa shape index (κ2) is 6.76. The van der Waals surface area contributed by atoms with Gasteiger partial charge in [-0.25, -0.2) is 13.1 Å². The van der Waals surface area contributed by atoms with Gasteiger partial charge in [-0.3, -0.25) is 4.79 Å². The smallest absolute Gasteiger partial charge is 0.319 e. The Morgan fingerprint density at radius 1 is 1.38 bits per heavy atom. The molecule has 0 amide bonds. The lowest BCUT2D eigenvalue weighted by atomic mass is 10.3. The summed E-state index contributed by atoms with van der Waals surface area (Å²) in [5, 5.41) is 14.4. The Bertz CT molecular complexity index is 1030. The molecule has 138 valence electrons. The monoisotopic (exact) mass is 399 g/mol. The zero-order valence-corrected chi connectivity index (χ0v) is 15.2. The fourth-order valence-electron chi connectivity index (χ4n) is 2.17. The lowest BCUT2D eigenvalue weighted by Gasteiger charge is -2.04. The number of nitrogens with zero attached hydrogens (tertiary/aromatic N) is 4. The van der Waals surface area contributed by atoms with Gasteiger partial charge in [0.2, 0.25) is 5.65 Å². The number of carbonyl (C=O) groups is 1. The third-order valence-electron chi connectivity index (χ3n) is 3.23. The van der Waals surface area contributed by atoms with E-state index in [1.165, 1.54) is 36.4 Å². The molecule has 2 N–H and O–H groups in total. The number of methoxy groups -OCH3 is 2. The van der Waals surface area contributed by atoms with E-state index >= 15 is 0 Å². The van der Waals surface area contributed by atoms with Crippen LogP contribution in [0.15, 0.2) is 22.5 Å². The van der Waals surface area contributed by atoms with Crippen molar-refractivity contribution in [1.29, 1.82) is 0 Å². The summed E-state index contributed by atoms with van der Waals surface area (Å²) in [5.41, 5.74) is 0.202. The highest BCUT2D eigenvalue weighted by Crippen LogP contribution is 2.26. The van der Waals surface area contributed by atoms with E-state index in [1.807, 2.05) is 0 Å². The highest BCUT2D eigenvalue weighted by molar-refractivity contribution is 7.92. The number of hydrogen-bond donors (Lipinski definition) is 2. The molecule has 3 rings (SSSR count). The molecule has 0 saturated carbocycles. The van der Waals surface area contributed by atoms with Crippen LogP contribution in [0.2, 0.25) is 0 Å². The Kier molecular flexibility index (Phi) is 4.65. The summed E-state index contributed by atoms with van der Waals surface area (Å²) in [5.74, 6) is -1.09. The first-order valence-corrected chi connectivity index (χ1v) is 9.36. The van der Waals surface area contributed by atoms with Crippen LogP contribution in [-0.4, -0.2) is 53.3 Å². The molecule has 0 fully saturated rings. The molecule has 3 heterocycles. The highest BCUT2D eigenvalue weighted by atomic mass is 32.2. The van der Waals surface area contributed by atoms with Gasteiger partial charge in [0.1, 0.15) is 4.90 Å². The second-order valence-corrected chi connectivity index (χ2v) is 7.52. The van der Waals surface area contributed by atoms with Crippen molar-refractivity contribution >= 4 is 38.9 Å². The maximum atomic E-state index is 12.6. The number of ether oxygens (including phenoxy) is 2. The van der Waals surface area contributed by atoms with E-state index in [0.717, 1.165) is 11.3 Å². The summed E-state index contributed by atoms with van der Waals surface area (Å²) in [6, 6.07) is 1.41. The SMILES string of the molecule is COc1cnc(OC)n2nc(NS(=O)(=O)c3ccsc3CC(=O)O)nc12. The van der Waals surface area contributed by atoms with E-state index in [4.69, 9.17) is 14.6 Å². The molecule has 0 atom stereocenters. The van der Waals surface area contributed by atoms with Gasteiger partial charge in [-0.15, -0.1) is 16.4 Å². The van der Waals surface area contributed by atoms with Crippen LogP contribution in [0, 0.1) is 0 Å². The van der Waals surface area contributed by atoms with Crippen molar-refractivity contribution in [3.63, 3.8) is 0 Å². The molecule has 0 bridgehead atoms. The van der Waals surface area contributed by atoms with Crippen molar-refractivity contribution in [2.24, 2.45) is 0 Å². The van der Waals surface area contributed by atoms with Gasteiger partial charge in [-0.05, 0) is 11.4 Å². The zero-order valence-electron chi connectivity index (χ0n) is 13.5. The van der Waals surface area contributed by atoms with E-state index in [1.54, 1.807) is 0 Å². The normalized spacial score (nSPS) is 11.5. The fraction of sp³-hybridized carbons (Fsp3) is 0.231. The van der Waals surface area contributed by atoms with Crippen LogP contribution in [0.1, 0.15) is 4.88 Å². The van der Waals surface area contributed by atoms with Gasteiger partial charge in [-0.1, -0.05) is 0 Å². The number of fused-ring (bicyclic) bond motifs is 1. The largest absolute Gasteiger partial charge is 0.491 e. The molecule has 0 aliphatic carbocycles. The van der Waals surface area contributed by atoms with E-state index in [2.05, 4.69) is 19.8 Å². The average Bonchev–Trinajstić information content (AvgIpc) is 3.19. The van der Waals surface area contributed by atoms with Gasteiger partial charge in [0, 0.05) is 4.88 Å². The van der Waals surface area contributed by atoms with Crippen LogP contribution in [0.5, 0.6) is 11.8 Å². The Balaban J connectivity index is 2.00. The number of aromatic nitrogens is 4. The number of rotatable bonds is 7. The quantitative estimate of drug-likeness (QED) is 0.584. The zero-order chi connectivity index (χ0) is 18.9. The lowest BCUT2D eigenvalue weighted by molar-refractivity contribution is -0.136. The van der Waals surface area contributed by atoms with Crippen LogP contribution in [0.25, 0.3) is 5.65 Å². The maximum absolute atomic E-state index is 12.6. The van der Waals surface area contributed by atoms with E-state index in [-0.39, 0.29) is 33.1 Å². The number of hydrogen-bond acceptors (Lipinski definition) is 9. The molecular weight excluding hydrogens is 386 g/mol. The predicted molar refractivity (Wildman–Crippen MR) is 90.4 cm³/mol. The molecule has 0 unspecified atom stereocenters. The molecule has 0 aromatic carbocycles. The van der Waals surface area contributed by atoms with Crippen molar-refractivity contribution in [2.75, 3.05) is 18.9 Å². The van der Waals surface area contributed by atoms with Crippen LogP contribution in [0.3, 0.4) is 0 Å². The molecule has 0 radical (unpaired) electrons. The molecule has 0 aliphatic heterocycles. The van der Waals surface area contributed by atoms with Crippen LogP contribution >= 0.6 is 11.3 Å². The Morgan fingerprint density at radius 2 is 2.15 bits per heavy atom. The molecule has 3 aromatic heterocycles. The van der Waals surface area contributed by atoms with Crippen molar-refractivity contribution in [1.82, 2.24) is 19.6 Å². The number of sulfonamides is 1. The molecule has 0 saturated heterocycles. The van der Waals surface area contributed by atoms with Gasteiger partial charge in [0.15, 0.2) is 5.75 Å². The molecule has 13 heteroatoms. The molecule has 0 spiro atoms. The summed E-state index contributed by atoms with van der Waals surface area (Å²) < 4.78 is 38.8. The van der Waals surface area contributed by atoms with Gasteiger partial charge in [0.05, 0.1) is 26.8 Å². The van der Waals surface area contributed by atoms with Gasteiger partial charge in [0.25, 0.3) is 16.0 Å². The number of thiophene rings is 1. The van der Waals surface area contributed by atoms with Gasteiger partial charge in [-0.2, -0.15) is 14.5 Å². The van der Waals surface area contributed by atoms with Crippen molar-refractivity contribution < 1.29 is 27.8 Å². The third kappa shape index (κ3) is 3.25. The minimum absolute atomic E-state index is 0.0841. The van der Waals surface area contributed by atoms with Crippen LogP contribution in [0.4, 0.5) is 5.95 Å². The second-order valence-electron chi connectivity index (χ2n) is 4.87. The molecule has 26 heavy (non-hydrogen) atoms. The molecular formula is C13H13N5O6S2. The van der Waals surface area contributed by atoms with Crippen molar-refractivity contribution in [3.05, 3.63) is 22.5 Å². The summed E-state index contributed by atoms with van der Waals surface area (Å²) in [4.78, 5) is 19.0. The Hall–Kier alpha value is -2.93. The summed E-state index contributed by atoms with van der Waals surface area (Å²) in [6.07, 6.45) is 0.961. The number of anilines is 1. The third-order valence-corrected chi connectivity index (χ3v) is 5.70. The first kappa shape index (κ1) is 17.9. The van der Waals surface area contributed by atoms with E-state index in [9.17, 15) is 13.2 Å². The van der Waals surface area contributed by atoms with Crippen molar-refractivity contribution in [2.45, 2.75) is 11.3 Å². The first-order chi connectivity index (χ1) is 12.4. The predicted octanol–water partition coefficient (Wildman–Crippen LogP) is 0.631. The highest BCUT2D eigenvalue weighted by Gasteiger charge is 2.24. The van der Waals surface area contributed by atoms with E-state index in [0.29, 0.717) is 0 Å². The minimum atomic E-state index is -4.08. The van der Waals surface area contributed by atoms with Gasteiger partial charge < -0.3 is 14.6 Å². The minimum Gasteiger partial charge on any atom is -0.491 e. The van der Waals surface area contributed by atoms with Gasteiger partial charge >= 0.3 is 12.0 Å². The number of nitrogens with one attached hydrogen (secondary N) is 1. The summed E-state index contributed by atoms with van der Waals surface area (Å²) in [7, 11) is -1.29. The maximum Gasteiger partial charge on any atom is 0.319 e. The van der Waals surface area contributed by atoms with Crippen LogP contribution < -0.4 is 14.2 Å². The average molecular weight is 399 g/mol. The number of carboxylic acids is 1. The summed E-state index contributed by atoms with van der Waals surface area (Å²) >= 11 is 1.04. The Labute approximate surface area is 151 Å². The first-order valence-electron chi connectivity index (χ1n) is 7.00. The molecule has 11 nitrogen and oxygen atoms in total. The molecule has 0 aliphatic rings. The standard InChI is InChI=1S/C13H13N5O6S2/c1-23-7-6-14-13(24-2)18-11(7)15-12(16-18)17-26(21,22)9-3-4-25-8(9)5-10(19)20/h3-4,6H,5H2,1-2H3,(H,16,17)(H,19,20). The number of aliphatic carboxylic acids is 1. The topological polar surface area (TPSA) is 145 Å². The Morgan fingerprint density at radius 3 is 2.81 bits per heavy atom. The van der Waals surface area contributed by atoms with Crippen LogP contribution in [-0.2, 0) is 21.2 Å². The fourth-order valence-corrected chi connectivity index (χ4v) is 4.54. The molecule has 3 aromatic rings. The van der Waals surface area contributed by atoms with Crippen molar-refractivity contribution in [3.8, 4) is 11.8 Å². The summed E-state index contributed by atoms with van der Waals surface area (Å²) in [6.45, 7) is 0. The van der Waals surface area contributed by atoms with E-state index < -0.39 is 22.4 Å². The lowest BCUT2D eigenvalue weighted by Crippen LogP contribution is -2.15.